The van der Waals surface area contributed by atoms with E-state index in [4.69, 9.17) is 18.9 Å². The first kappa shape index (κ1) is 25.4. The summed E-state index contributed by atoms with van der Waals surface area (Å²) in [6.45, 7) is 3.31. The Labute approximate surface area is 200 Å². The Hall–Kier alpha value is -3.21. The molecule has 182 valence electrons. The van der Waals surface area contributed by atoms with Crippen molar-refractivity contribution in [2.75, 3.05) is 6.61 Å². The monoisotopic (exact) mass is 540 g/mol. The quantitative estimate of drug-likeness (QED) is 0.285. The number of rotatable bonds is 7. The van der Waals surface area contributed by atoms with Gasteiger partial charge >= 0.3 is 200 Å². The molecule has 34 heavy (non-hydrogen) atoms. The topological polar surface area (TPSA) is 143 Å². The van der Waals surface area contributed by atoms with Crippen molar-refractivity contribution in [2.24, 2.45) is 0 Å². The first-order valence-corrected chi connectivity index (χ1v) is 12.2. The van der Waals surface area contributed by atoms with Gasteiger partial charge in [-0.05, 0) is 0 Å². The fourth-order valence-corrected chi connectivity index (χ4v) is 6.22. The summed E-state index contributed by atoms with van der Waals surface area (Å²) in [5.41, 5.74) is -1.32. The predicted molar refractivity (Wildman–Crippen MR) is 119 cm³/mol. The van der Waals surface area contributed by atoms with Crippen LogP contribution < -0.4 is 15.7 Å². The number of nitrogens with one attached hydrogen (secondary N) is 1. The number of aromatic amines is 1. The predicted octanol–water partition coefficient (Wildman–Crippen LogP) is -0.321. The summed E-state index contributed by atoms with van der Waals surface area (Å²) in [6, 6.07) is 10.5. The third-order valence-corrected chi connectivity index (χ3v) is 7.57. The number of benzene rings is 1. The van der Waals surface area contributed by atoms with Gasteiger partial charge in [0.2, 0.25) is 0 Å². The molecule has 2 aromatic rings. The molecule has 12 heteroatoms. The van der Waals surface area contributed by atoms with Crippen molar-refractivity contribution in [1.29, 1.82) is 0 Å². The Balaban J connectivity index is 2.13. The Bertz CT molecular complexity index is 1150. The summed E-state index contributed by atoms with van der Waals surface area (Å²) >= 11 is -0.452. The zero-order valence-corrected chi connectivity index (χ0v) is 20.4. The summed E-state index contributed by atoms with van der Waals surface area (Å²) in [5, 5.41) is 0. The second-order valence-corrected chi connectivity index (χ2v) is 10.1. The van der Waals surface area contributed by atoms with E-state index in [0.717, 1.165) is 10.5 Å². The molecule has 1 N–H and O–H groups in total. The molecular weight excluding hydrogens is 515 g/mol. The van der Waals surface area contributed by atoms with Crippen LogP contribution in [0.2, 0.25) is 4.82 Å². The summed E-state index contributed by atoms with van der Waals surface area (Å²) in [4.78, 5) is 61.3. The standard InChI is InChI=1S/C22H24N2O9Se/c1-12(25)30-11-16-18(31-13(2)26)19(32-14(3)27)20(34-15-7-5-4-6-8-15)21(33-16)24-10-9-17(28)23-22(24)29/h4-10,16,18-21H,11H2,1-3H3,(H,23,28,29)/t16-,18+,19+,20-,21-/m1/s1. The summed E-state index contributed by atoms with van der Waals surface area (Å²) in [7, 11) is 0. The van der Waals surface area contributed by atoms with Crippen LogP contribution in [-0.4, -0.2) is 67.3 Å². The average Bonchev–Trinajstić information content (AvgIpc) is 2.75. The van der Waals surface area contributed by atoms with Gasteiger partial charge in [0.15, 0.2) is 0 Å². The van der Waals surface area contributed by atoms with Crippen LogP contribution in [-0.2, 0) is 33.3 Å². The van der Waals surface area contributed by atoms with Crippen LogP contribution in [0.1, 0.15) is 27.0 Å². The second kappa shape index (κ2) is 11.3. The van der Waals surface area contributed by atoms with E-state index < -0.39 is 73.5 Å². The summed E-state index contributed by atoms with van der Waals surface area (Å²) in [6.07, 6.45) is -2.93. The van der Waals surface area contributed by atoms with Gasteiger partial charge in [-0.2, -0.15) is 0 Å². The minimum atomic E-state index is -1.11. The molecule has 1 aromatic heterocycles. The van der Waals surface area contributed by atoms with Crippen LogP contribution in [0, 0.1) is 0 Å². The second-order valence-electron chi connectivity index (χ2n) is 7.43. The number of H-pyrrole nitrogens is 1. The number of carbonyl (C=O) groups is 3. The van der Waals surface area contributed by atoms with Crippen LogP contribution in [0.3, 0.4) is 0 Å². The Morgan fingerprint density at radius 2 is 1.62 bits per heavy atom. The van der Waals surface area contributed by atoms with Gasteiger partial charge in [0.05, 0.1) is 0 Å². The number of nitrogens with zero attached hydrogens (tertiary/aromatic N) is 1. The molecule has 1 aliphatic heterocycles. The van der Waals surface area contributed by atoms with E-state index in [1.54, 1.807) is 0 Å². The summed E-state index contributed by atoms with van der Waals surface area (Å²) < 4.78 is 24.5. The molecule has 1 aromatic carbocycles. The van der Waals surface area contributed by atoms with Crippen LogP contribution in [0.15, 0.2) is 52.2 Å². The van der Waals surface area contributed by atoms with E-state index in [9.17, 15) is 24.0 Å². The van der Waals surface area contributed by atoms with Crippen molar-refractivity contribution in [2.45, 2.75) is 50.1 Å². The number of hydrogen-bond donors (Lipinski definition) is 1. The minimum absolute atomic E-state index is 0.315. The molecular formula is C22H24N2O9Se. The van der Waals surface area contributed by atoms with E-state index in [1.807, 2.05) is 30.3 Å². The normalized spacial score (nSPS) is 24.1. The molecule has 1 aliphatic rings. The molecule has 0 spiro atoms. The number of esters is 3. The van der Waals surface area contributed by atoms with Crippen molar-refractivity contribution in [3.63, 3.8) is 0 Å². The van der Waals surface area contributed by atoms with Crippen molar-refractivity contribution in [1.82, 2.24) is 9.55 Å². The number of hydrogen-bond acceptors (Lipinski definition) is 9. The van der Waals surface area contributed by atoms with Gasteiger partial charge in [-0.25, -0.2) is 0 Å². The van der Waals surface area contributed by atoms with Crippen LogP contribution >= 0.6 is 0 Å². The van der Waals surface area contributed by atoms with Gasteiger partial charge in [-0.1, -0.05) is 0 Å². The third kappa shape index (κ3) is 6.43. The maximum atomic E-state index is 12.7. The molecule has 1 saturated heterocycles. The average molecular weight is 539 g/mol. The molecule has 2 heterocycles. The Kier molecular flexibility index (Phi) is 8.43. The third-order valence-electron chi connectivity index (χ3n) is 4.80. The van der Waals surface area contributed by atoms with Gasteiger partial charge in [-0.3, -0.25) is 0 Å². The molecule has 0 saturated carbocycles. The van der Waals surface area contributed by atoms with Crippen molar-refractivity contribution in [3.8, 4) is 0 Å². The molecule has 3 rings (SSSR count). The zero-order valence-electron chi connectivity index (χ0n) is 18.7. The van der Waals surface area contributed by atoms with Crippen LogP contribution in [0.5, 0.6) is 0 Å². The van der Waals surface area contributed by atoms with E-state index in [-0.39, 0.29) is 6.61 Å². The fourth-order valence-electron chi connectivity index (χ4n) is 3.52. The molecule has 11 nitrogen and oxygen atoms in total. The maximum absolute atomic E-state index is 12.7. The Morgan fingerprint density at radius 1 is 0.971 bits per heavy atom. The number of carbonyl (C=O) groups excluding carboxylic acids is 3. The fraction of sp³-hybridized carbons (Fsp3) is 0.409. The summed E-state index contributed by atoms with van der Waals surface area (Å²) in [5.74, 6) is -1.87. The van der Waals surface area contributed by atoms with E-state index >= 15 is 0 Å². The van der Waals surface area contributed by atoms with E-state index in [0.29, 0.717) is 0 Å². The van der Waals surface area contributed by atoms with E-state index in [1.165, 1.54) is 31.5 Å². The van der Waals surface area contributed by atoms with Gasteiger partial charge in [0.25, 0.3) is 0 Å². The van der Waals surface area contributed by atoms with Crippen molar-refractivity contribution in [3.05, 3.63) is 63.4 Å². The van der Waals surface area contributed by atoms with Gasteiger partial charge in [-0.15, -0.1) is 0 Å². The zero-order chi connectivity index (χ0) is 24.8. The van der Waals surface area contributed by atoms with Crippen molar-refractivity contribution >= 4 is 37.3 Å². The molecule has 0 amide bonds. The van der Waals surface area contributed by atoms with Gasteiger partial charge in [0, 0.05) is 0 Å². The number of ether oxygens (including phenoxy) is 4. The molecule has 5 atom stereocenters. The molecule has 0 radical (unpaired) electrons. The van der Waals surface area contributed by atoms with Gasteiger partial charge < -0.3 is 0 Å². The molecule has 0 unspecified atom stereocenters. The molecule has 0 aliphatic carbocycles. The first-order chi connectivity index (χ1) is 16.2. The Morgan fingerprint density at radius 3 is 2.21 bits per heavy atom. The SMILES string of the molecule is CC(=O)OC[C@H]1O[C@@H](n2ccc(=O)[nH]c2=O)[C@H]([Se]c2ccccc2)[C@@H](OC(C)=O)[C@H]1OC(C)=O. The van der Waals surface area contributed by atoms with E-state index in [2.05, 4.69) is 4.98 Å². The first-order valence-electron chi connectivity index (χ1n) is 10.3. The number of aromatic nitrogens is 2. The van der Waals surface area contributed by atoms with Gasteiger partial charge in [0.1, 0.15) is 0 Å². The molecule has 1 fully saturated rings. The van der Waals surface area contributed by atoms with Crippen LogP contribution in [0.4, 0.5) is 0 Å². The van der Waals surface area contributed by atoms with Crippen LogP contribution in [0.25, 0.3) is 0 Å². The van der Waals surface area contributed by atoms with Crippen molar-refractivity contribution < 1.29 is 33.3 Å². The molecule has 0 bridgehead atoms.